The molecule has 1 unspecified atom stereocenters. The van der Waals surface area contributed by atoms with Gasteiger partial charge in [0.1, 0.15) is 0 Å². The number of rotatable bonds is 3. The van der Waals surface area contributed by atoms with Crippen LogP contribution < -0.4 is 5.32 Å². The summed E-state index contributed by atoms with van der Waals surface area (Å²) < 4.78 is 15.7. The molecule has 0 aliphatic carbocycles. The molecule has 1 amide bonds. The molecule has 0 aliphatic rings. The minimum atomic E-state index is -2.87. The van der Waals surface area contributed by atoms with Crippen LogP contribution in [-0.2, 0) is 13.7 Å². The predicted octanol–water partition coefficient (Wildman–Crippen LogP) is 2.65. The highest BCUT2D eigenvalue weighted by Gasteiger charge is 2.08. The van der Waals surface area contributed by atoms with E-state index < -0.39 is 8.94 Å². The smallest absolute Gasteiger partial charge is 0.221 e. The number of amides is 1. The molecule has 0 fully saturated rings. The number of halogens is 1. The van der Waals surface area contributed by atoms with E-state index in [1.807, 2.05) is 0 Å². The second kappa shape index (κ2) is 5.32. The highest BCUT2D eigenvalue weighted by Crippen LogP contribution is 2.21. The molecule has 0 heterocycles. The van der Waals surface area contributed by atoms with Crippen LogP contribution in [0.25, 0.3) is 0 Å². The Labute approximate surface area is 99.7 Å². The number of hydrogen-bond acceptors (Lipinski definition) is 3. The Balaban J connectivity index is 3.13. The number of carbonyl (C=O) groups is 1. The van der Waals surface area contributed by atoms with Crippen molar-refractivity contribution in [3.63, 3.8) is 0 Å². The van der Waals surface area contributed by atoms with Crippen molar-refractivity contribution in [2.45, 2.75) is 18.7 Å². The van der Waals surface area contributed by atoms with Crippen LogP contribution in [0, 0.1) is 0 Å². The molecule has 0 saturated heterocycles. The molecule has 1 N–H and O–H groups in total. The molecular formula is C10H13ClN2O2S. The molecule has 0 spiro atoms. The van der Waals surface area contributed by atoms with Crippen LogP contribution in [0.2, 0.25) is 0 Å². The van der Waals surface area contributed by atoms with Crippen LogP contribution in [-0.4, -0.2) is 16.7 Å². The van der Waals surface area contributed by atoms with Crippen molar-refractivity contribution >= 4 is 31.2 Å². The largest absolute Gasteiger partial charge is 0.326 e. The Kier molecular flexibility index (Phi) is 4.32. The van der Waals surface area contributed by atoms with Crippen molar-refractivity contribution in [3.8, 4) is 0 Å². The second-order valence-corrected chi connectivity index (χ2v) is 6.01. The lowest BCUT2D eigenvalue weighted by atomic mass is 10.3. The van der Waals surface area contributed by atoms with Gasteiger partial charge in [0.05, 0.1) is 4.90 Å². The van der Waals surface area contributed by atoms with Crippen molar-refractivity contribution < 1.29 is 9.00 Å². The fraction of sp³-hybridized carbons (Fsp3) is 0.300. The van der Waals surface area contributed by atoms with E-state index in [0.29, 0.717) is 17.1 Å². The van der Waals surface area contributed by atoms with Crippen LogP contribution in [0.3, 0.4) is 0 Å². The lowest BCUT2D eigenvalue weighted by Gasteiger charge is -2.05. The standard InChI is InChI=1S/C10H13ClN2O2S/c1-3-12-16(11,15)10-6-4-5-9(7-10)13-8(2)14/h4-7H,3H2,1-2H3,(H,13,14). The van der Waals surface area contributed by atoms with E-state index in [9.17, 15) is 9.00 Å². The Morgan fingerprint density at radius 1 is 1.56 bits per heavy atom. The van der Waals surface area contributed by atoms with Gasteiger partial charge in [0.25, 0.3) is 0 Å². The molecule has 0 radical (unpaired) electrons. The summed E-state index contributed by atoms with van der Waals surface area (Å²) in [5.41, 5.74) is 0.560. The molecule has 1 rings (SSSR count). The van der Waals surface area contributed by atoms with Crippen LogP contribution >= 0.6 is 10.7 Å². The van der Waals surface area contributed by atoms with Gasteiger partial charge in [-0.05, 0) is 25.1 Å². The van der Waals surface area contributed by atoms with Crippen LogP contribution in [0.15, 0.2) is 33.5 Å². The zero-order valence-corrected chi connectivity index (χ0v) is 10.6. The second-order valence-electron chi connectivity index (χ2n) is 3.11. The van der Waals surface area contributed by atoms with Gasteiger partial charge in [-0.25, -0.2) is 8.57 Å². The predicted molar refractivity (Wildman–Crippen MR) is 66.0 cm³/mol. The summed E-state index contributed by atoms with van der Waals surface area (Å²) in [5.74, 6) is -0.189. The average molecular weight is 261 g/mol. The van der Waals surface area contributed by atoms with E-state index in [2.05, 4.69) is 9.68 Å². The van der Waals surface area contributed by atoms with Crippen molar-refractivity contribution in [2.75, 3.05) is 11.9 Å². The van der Waals surface area contributed by atoms with Gasteiger partial charge in [-0.2, -0.15) is 0 Å². The number of anilines is 1. The molecule has 1 aromatic carbocycles. The fourth-order valence-corrected chi connectivity index (χ4v) is 2.75. The molecule has 1 atom stereocenters. The first kappa shape index (κ1) is 13.0. The molecule has 88 valence electrons. The van der Waals surface area contributed by atoms with Gasteiger partial charge < -0.3 is 5.32 Å². The van der Waals surface area contributed by atoms with Gasteiger partial charge in [0.2, 0.25) is 5.91 Å². The first-order valence-electron chi connectivity index (χ1n) is 4.76. The van der Waals surface area contributed by atoms with E-state index in [-0.39, 0.29) is 5.91 Å². The van der Waals surface area contributed by atoms with Gasteiger partial charge >= 0.3 is 0 Å². The third-order valence-electron chi connectivity index (χ3n) is 1.74. The quantitative estimate of drug-likeness (QED) is 0.850. The van der Waals surface area contributed by atoms with Gasteiger partial charge in [-0.3, -0.25) is 4.79 Å². The van der Waals surface area contributed by atoms with E-state index in [0.717, 1.165) is 0 Å². The highest BCUT2D eigenvalue weighted by molar-refractivity contribution is 8.15. The molecule has 1 aromatic rings. The first-order valence-corrected chi connectivity index (χ1v) is 7.10. The van der Waals surface area contributed by atoms with Crippen LogP contribution in [0.5, 0.6) is 0 Å². The molecule has 4 nitrogen and oxygen atoms in total. The molecule has 16 heavy (non-hydrogen) atoms. The zero-order valence-electron chi connectivity index (χ0n) is 9.07. The third kappa shape index (κ3) is 3.50. The van der Waals surface area contributed by atoms with E-state index >= 15 is 0 Å². The summed E-state index contributed by atoms with van der Waals surface area (Å²) >= 11 is 0. The summed E-state index contributed by atoms with van der Waals surface area (Å²) in [6, 6.07) is 6.56. The van der Waals surface area contributed by atoms with Gasteiger partial charge in [0, 0.05) is 29.8 Å². The molecule has 6 heteroatoms. The number of benzene rings is 1. The maximum atomic E-state index is 11.9. The molecule has 0 saturated carbocycles. The Morgan fingerprint density at radius 2 is 2.25 bits per heavy atom. The van der Waals surface area contributed by atoms with Gasteiger partial charge in [-0.15, -0.1) is 0 Å². The number of nitrogens with zero attached hydrogens (tertiary/aromatic N) is 1. The molecule has 0 aromatic heterocycles. The third-order valence-corrected chi connectivity index (χ3v) is 3.99. The van der Waals surface area contributed by atoms with Crippen molar-refractivity contribution in [1.29, 1.82) is 0 Å². The number of nitrogens with one attached hydrogen (secondary N) is 1. The highest BCUT2D eigenvalue weighted by atomic mass is 35.7. The Morgan fingerprint density at radius 3 is 2.81 bits per heavy atom. The van der Waals surface area contributed by atoms with Gasteiger partial charge in [0.15, 0.2) is 8.94 Å². The first-order chi connectivity index (χ1) is 7.45. The van der Waals surface area contributed by atoms with Crippen LogP contribution in [0.1, 0.15) is 13.8 Å². The number of hydrogen-bond donors (Lipinski definition) is 1. The molecule has 0 bridgehead atoms. The monoisotopic (exact) mass is 260 g/mol. The van der Waals surface area contributed by atoms with Crippen molar-refractivity contribution in [2.24, 2.45) is 4.36 Å². The summed E-state index contributed by atoms with van der Waals surface area (Å²) in [4.78, 5) is 11.3. The summed E-state index contributed by atoms with van der Waals surface area (Å²) in [5, 5.41) is 2.59. The van der Waals surface area contributed by atoms with Crippen molar-refractivity contribution in [3.05, 3.63) is 24.3 Å². The maximum absolute atomic E-state index is 11.9. The molecular weight excluding hydrogens is 248 g/mol. The SMILES string of the molecule is CCN=S(=O)(Cl)c1cccc(NC(C)=O)c1. The minimum absolute atomic E-state index is 0.189. The lowest BCUT2D eigenvalue weighted by Crippen LogP contribution is -2.06. The van der Waals surface area contributed by atoms with E-state index in [4.69, 9.17) is 10.7 Å². The van der Waals surface area contributed by atoms with E-state index in [1.54, 1.807) is 31.2 Å². The average Bonchev–Trinajstić information content (AvgIpc) is 2.17. The normalized spacial score (nSPS) is 13.9. The summed E-state index contributed by atoms with van der Waals surface area (Å²) in [6.45, 7) is 3.55. The topological polar surface area (TPSA) is 58.5 Å². The van der Waals surface area contributed by atoms with Crippen molar-refractivity contribution in [1.82, 2.24) is 0 Å². The van der Waals surface area contributed by atoms with Crippen LogP contribution in [0.4, 0.5) is 5.69 Å². The maximum Gasteiger partial charge on any atom is 0.221 e. The lowest BCUT2D eigenvalue weighted by molar-refractivity contribution is -0.114. The van der Waals surface area contributed by atoms with Gasteiger partial charge in [-0.1, -0.05) is 6.07 Å². The Hall–Kier alpha value is -1.07. The summed E-state index contributed by atoms with van der Waals surface area (Å²) in [7, 11) is 2.95. The Bertz CT molecular complexity index is 507. The zero-order chi connectivity index (χ0) is 12.2. The summed E-state index contributed by atoms with van der Waals surface area (Å²) in [6.07, 6.45) is 0. The minimum Gasteiger partial charge on any atom is -0.326 e. The number of carbonyl (C=O) groups excluding carboxylic acids is 1. The van der Waals surface area contributed by atoms with E-state index in [1.165, 1.54) is 6.92 Å². The molecule has 0 aliphatic heterocycles. The fourth-order valence-electron chi connectivity index (χ4n) is 1.17.